The number of rotatable bonds is 3. The Kier molecular flexibility index (Phi) is 7.04. The van der Waals surface area contributed by atoms with Crippen molar-refractivity contribution in [1.82, 2.24) is 33.9 Å². The van der Waals surface area contributed by atoms with E-state index < -0.39 is 0 Å². The van der Waals surface area contributed by atoms with E-state index in [-0.39, 0.29) is 26.1 Å². The van der Waals surface area contributed by atoms with Crippen LogP contribution in [0.4, 0.5) is 0 Å². The van der Waals surface area contributed by atoms with Crippen LogP contribution in [0.15, 0.2) is 53.0 Å². The van der Waals surface area contributed by atoms with Gasteiger partial charge in [0.05, 0.1) is 17.6 Å². The Hall–Kier alpha value is -3.23. The molecule has 1 aliphatic heterocycles. The molecule has 0 spiro atoms. The van der Waals surface area contributed by atoms with E-state index >= 15 is 0 Å². The number of aliphatic imine (C=N–C) groups is 2. The van der Waals surface area contributed by atoms with Crippen LogP contribution in [0.5, 0.6) is 0 Å². The van der Waals surface area contributed by atoms with Gasteiger partial charge in [-0.15, -0.1) is 42.1 Å². The maximum absolute atomic E-state index is 4.50. The van der Waals surface area contributed by atoms with E-state index in [0.29, 0.717) is 5.82 Å². The number of hydrogen-bond donors (Lipinski definition) is 0. The molecule has 9 nitrogen and oxygen atoms in total. The summed E-state index contributed by atoms with van der Waals surface area (Å²) in [5.41, 5.74) is 3.10. The summed E-state index contributed by atoms with van der Waals surface area (Å²) in [7, 11) is 3.93. The molecule has 10 heteroatoms. The van der Waals surface area contributed by atoms with Crippen molar-refractivity contribution in [1.29, 1.82) is 0 Å². The van der Waals surface area contributed by atoms with Crippen molar-refractivity contribution >= 4 is 12.6 Å². The first-order valence-corrected chi connectivity index (χ1v) is 9.38. The van der Waals surface area contributed by atoms with E-state index in [0.717, 1.165) is 28.7 Å². The van der Waals surface area contributed by atoms with Crippen molar-refractivity contribution < 1.29 is 20.1 Å². The Morgan fingerprint density at radius 3 is 2.52 bits per heavy atom. The third kappa shape index (κ3) is 4.60. The van der Waals surface area contributed by atoms with Crippen molar-refractivity contribution in [2.75, 3.05) is 0 Å². The Morgan fingerprint density at radius 2 is 1.94 bits per heavy atom. The maximum atomic E-state index is 4.50. The standard InChI is InChI=1S/C11H12N7.C10H9N2.Ir/c1-7-8(2)17(3)11(16-7)18-10(14-6-15-18)9-4-12-5-13-9;1-12-8-7-11-10(12)9-5-3-2-4-6-9;/h5-6,9H,1-3H3;2-5,7-8H,1H3;/q2*-1;. The van der Waals surface area contributed by atoms with Gasteiger partial charge in [0.1, 0.15) is 12.2 Å². The molecule has 0 aliphatic carbocycles. The molecule has 0 saturated heterocycles. The Morgan fingerprint density at radius 1 is 1.10 bits per heavy atom. The number of benzene rings is 1. The van der Waals surface area contributed by atoms with Crippen LogP contribution in [0.3, 0.4) is 0 Å². The van der Waals surface area contributed by atoms with Crippen LogP contribution in [0.25, 0.3) is 17.3 Å². The summed E-state index contributed by atoms with van der Waals surface area (Å²) in [6.07, 6.45) is 9.53. The summed E-state index contributed by atoms with van der Waals surface area (Å²) >= 11 is 0. The fraction of sp³-hybridized carbons (Fsp3) is 0.238. The third-order valence-electron chi connectivity index (χ3n) is 4.84. The first kappa shape index (κ1) is 22.5. The number of imidazole rings is 2. The quantitative estimate of drug-likeness (QED) is 0.343. The van der Waals surface area contributed by atoms with Crippen molar-refractivity contribution in [3.8, 4) is 17.3 Å². The summed E-state index contributed by atoms with van der Waals surface area (Å²) in [6, 6.07) is 10.7. The van der Waals surface area contributed by atoms with Gasteiger partial charge in [0.15, 0.2) is 0 Å². The van der Waals surface area contributed by atoms with Gasteiger partial charge in [-0.2, -0.15) is 9.78 Å². The molecule has 0 amide bonds. The van der Waals surface area contributed by atoms with Crippen LogP contribution in [0.1, 0.15) is 23.3 Å². The van der Waals surface area contributed by atoms with E-state index in [1.54, 1.807) is 10.9 Å². The smallest absolute Gasteiger partial charge is 0.232 e. The summed E-state index contributed by atoms with van der Waals surface area (Å²) < 4.78 is 5.63. The first-order valence-electron chi connectivity index (χ1n) is 9.38. The molecule has 1 aliphatic rings. The minimum Gasteiger partial charge on any atom is -0.444 e. The van der Waals surface area contributed by atoms with Gasteiger partial charge in [0, 0.05) is 52.3 Å². The summed E-state index contributed by atoms with van der Waals surface area (Å²) in [5, 5.41) is 4.21. The minimum atomic E-state index is -0.301. The van der Waals surface area contributed by atoms with Crippen LogP contribution in [0, 0.1) is 19.9 Å². The SMILES string of the molecule is Cc1nc(-n2ncnc2C2[C-]=NC=N2)n(C)c1C.Cn1ccnc1-c1[c-]cccc1.[Ir]. The zero-order chi connectivity index (χ0) is 21.1. The van der Waals surface area contributed by atoms with E-state index in [1.807, 2.05) is 67.5 Å². The number of aryl methyl sites for hydroxylation is 2. The molecule has 161 valence electrons. The molecule has 1 aromatic carbocycles. The molecule has 4 aromatic rings. The molecule has 1 radical (unpaired) electrons. The predicted octanol–water partition coefficient (Wildman–Crippen LogP) is 2.53. The second kappa shape index (κ2) is 9.72. The molecular weight excluding hydrogens is 571 g/mol. The molecule has 31 heavy (non-hydrogen) atoms. The van der Waals surface area contributed by atoms with Gasteiger partial charge in [-0.3, -0.25) is 4.98 Å². The van der Waals surface area contributed by atoms with Gasteiger partial charge < -0.3 is 19.1 Å². The predicted molar refractivity (Wildman–Crippen MR) is 114 cm³/mol. The van der Waals surface area contributed by atoms with E-state index in [4.69, 9.17) is 0 Å². The number of aromatic nitrogens is 7. The normalized spacial score (nSPS) is 14.3. The minimum absolute atomic E-state index is 0. The molecule has 3 aromatic heterocycles. The third-order valence-corrected chi connectivity index (χ3v) is 4.84. The summed E-state index contributed by atoms with van der Waals surface area (Å²) in [4.78, 5) is 20.9. The van der Waals surface area contributed by atoms with Crippen LogP contribution in [-0.4, -0.2) is 46.4 Å². The largest absolute Gasteiger partial charge is 0.444 e. The van der Waals surface area contributed by atoms with Crippen LogP contribution < -0.4 is 0 Å². The monoisotopic (exact) mass is 592 g/mol. The molecule has 1 unspecified atom stereocenters. The maximum Gasteiger partial charge on any atom is 0.232 e. The zero-order valence-electron chi connectivity index (χ0n) is 17.6. The molecular formula is C21H21IrN9-2. The summed E-state index contributed by atoms with van der Waals surface area (Å²) in [6.45, 7) is 3.99. The van der Waals surface area contributed by atoms with Crippen molar-refractivity contribution in [2.45, 2.75) is 19.9 Å². The first-order chi connectivity index (χ1) is 14.6. The second-order valence-corrected chi connectivity index (χ2v) is 6.73. The van der Waals surface area contributed by atoms with Crippen molar-refractivity contribution in [3.05, 3.63) is 66.3 Å². The van der Waals surface area contributed by atoms with Crippen LogP contribution in [-0.2, 0) is 34.2 Å². The van der Waals surface area contributed by atoms with Gasteiger partial charge in [0.2, 0.25) is 5.95 Å². The Balaban J connectivity index is 0.000000183. The van der Waals surface area contributed by atoms with E-state index in [9.17, 15) is 0 Å². The van der Waals surface area contributed by atoms with Crippen molar-refractivity contribution in [2.24, 2.45) is 24.1 Å². The molecule has 0 saturated carbocycles. The fourth-order valence-corrected chi connectivity index (χ4v) is 3.00. The van der Waals surface area contributed by atoms with Gasteiger partial charge >= 0.3 is 0 Å². The Bertz CT molecular complexity index is 1190. The average molecular weight is 592 g/mol. The second-order valence-electron chi connectivity index (χ2n) is 6.73. The van der Waals surface area contributed by atoms with Gasteiger partial charge in [0.25, 0.3) is 0 Å². The number of hydrogen-bond acceptors (Lipinski definition) is 6. The summed E-state index contributed by atoms with van der Waals surface area (Å²) in [5.74, 6) is 2.35. The van der Waals surface area contributed by atoms with E-state index in [1.165, 1.54) is 12.7 Å². The molecule has 0 bridgehead atoms. The molecule has 0 N–H and O–H groups in total. The Labute approximate surface area is 194 Å². The molecule has 5 rings (SSSR count). The van der Waals surface area contributed by atoms with Gasteiger partial charge in [-0.1, -0.05) is 0 Å². The zero-order valence-corrected chi connectivity index (χ0v) is 19.9. The van der Waals surface area contributed by atoms with Crippen molar-refractivity contribution in [3.63, 3.8) is 0 Å². The fourth-order valence-electron chi connectivity index (χ4n) is 3.00. The van der Waals surface area contributed by atoms with E-state index in [2.05, 4.69) is 42.3 Å². The average Bonchev–Trinajstić information content (AvgIpc) is 3.55. The van der Waals surface area contributed by atoms with Gasteiger partial charge in [-0.05, 0) is 20.2 Å². The molecule has 0 fully saturated rings. The van der Waals surface area contributed by atoms with Gasteiger partial charge in [-0.25, -0.2) is 9.97 Å². The molecule has 1 atom stereocenters. The topological polar surface area (TPSA) is 91.1 Å². The number of nitrogens with zero attached hydrogens (tertiary/aromatic N) is 9. The van der Waals surface area contributed by atoms with Crippen LogP contribution >= 0.6 is 0 Å². The van der Waals surface area contributed by atoms with Crippen LogP contribution in [0.2, 0.25) is 0 Å². The molecule has 4 heterocycles.